The summed E-state index contributed by atoms with van der Waals surface area (Å²) in [5.74, 6) is 0.0922. The molecule has 0 atom stereocenters. The molecule has 1 saturated heterocycles. The van der Waals surface area contributed by atoms with Gasteiger partial charge in [-0.3, -0.25) is 9.59 Å². The first kappa shape index (κ1) is 14.9. The van der Waals surface area contributed by atoms with Crippen LogP contribution in [0.15, 0.2) is 18.2 Å². The van der Waals surface area contributed by atoms with Gasteiger partial charge < -0.3 is 14.8 Å². The van der Waals surface area contributed by atoms with Crippen LogP contribution in [0.2, 0.25) is 5.02 Å². The maximum absolute atomic E-state index is 12.5. The summed E-state index contributed by atoms with van der Waals surface area (Å²) in [5, 5.41) is 1.67. The monoisotopic (exact) mass is 319 g/mol. The predicted octanol–water partition coefficient (Wildman–Crippen LogP) is 1.97. The first-order valence-electron chi connectivity index (χ1n) is 7.32. The number of carbonyl (C=O) groups excluding carboxylic acids is 2. The number of nitrogens with one attached hydrogen (secondary N) is 1. The van der Waals surface area contributed by atoms with E-state index in [4.69, 9.17) is 11.6 Å². The van der Waals surface area contributed by atoms with Crippen molar-refractivity contribution in [1.29, 1.82) is 0 Å². The minimum absolute atomic E-state index is 0.0922. The van der Waals surface area contributed by atoms with Crippen LogP contribution in [0.3, 0.4) is 0 Å². The maximum Gasteiger partial charge on any atom is 0.227 e. The van der Waals surface area contributed by atoms with Gasteiger partial charge in [0.05, 0.1) is 6.42 Å². The Hall–Kier alpha value is -2.01. The molecule has 2 amide bonds. The Morgan fingerprint density at radius 2 is 2.05 bits per heavy atom. The third kappa shape index (κ3) is 2.81. The van der Waals surface area contributed by atoms with Crippen LogP contribution in [0.1, 0.15) is 11.3 Å². The van der Waals surface area contributed by atoms with Crippen molar-refractivity contribution in [2.45, 2.75) is 13.3 Å². The molecule has 0 radical (unpaired) electrons. The molecule has 6 heteroatoms. The van der Waals surface area contributed by atoms with Gasteiger partial charge in [-0.05, 0) is 30.7 Å². The summed E-state index contributed by atoms with van der Waals surface area (Å²) in [6, 6.07) is 5.67. The minimum Gasteiger partial charge on any atom is -0.358 e. The molecule has 0 aliphatic carbocycles. The van der Waals surface area contributed by atoms with Crippen molar-refractivity contribution in [2.75, 3.05) is 26.2 Å². The van der Waals surface area contributed by atoms with E-state index in [-0.39, 0.29) is 5.91 Å². The zero-order valence-corrected chi connectivity index (χ0v) is 13.2. The quantitative estimate of drug-likeness (QED) is 0.879. The fraction of sp³-hybridized carbons (Fsp3) is 0.375. The van der Waals surface area contributed by atoms with Crippen LogP contribution in [0.4, 0.5) is 0 Å². The number of H-pyrrole nitrogens is 1. The highest BCUT2D eigenvalue weighted by Crippen LogP contribution is 2.26. The largest absolute Gasteiger partial charge is 0.358 e. The molecule has 0 unspecified atom stereocenters. The summed E-state index contributed by atoms with van der Waals surface area (Å²) in [7, 11) is 0. The molecular formula is C16H18ClN3O2. The zero-order chi connectivity index (χ0) is 15.7. The average molecular weight is 320 g/mol. The lowest BCUT2D eigenvalue weighted by Crippen LogP contribution is -2.48. The van der Waals surface area contributed by atoms with Crippen LogP contribution < -0.4 is 0 Å². The number of piperazine rings is 1. The maximum atomic E-state index is 12.5. The van der Waals surface area contributed by atoms with E-state index in [9.17, 15) is 9.59 Å². The lowest BCUT2D eigenvalue weighted by Gasteiger charge is -2.32. The Morgan fingerprint density at radius 3 is 2.73 bits per heavy atom. The van der Waals surface area contributed by atoms with Gasteiger partial charge in [0.2, 0.25) is 12.3 Å². The van der Waals surface area contributed by atoms with Gasteiger partial charge in [-0.15, -0.1) is 0 Å². The van der Waals surface area contributed by atoms with Gasteiger partial charge in [0.1, 0.15) is 0 Å². The van der Waals surface area contributed by atoms with Crippen LogP contribution >= 0.6 is 11.6 Å². The minimum atomic E-state index is 0.0922. The first-order valence-corrected chi connectivity index (χ1v) is 7.70. The number of aryl methyl sites for hydroxylation is 1. The lowest BCUT2D eigenvalue weighted by molar-refractivity contribution is -0.134. The molecule has 2 aromatic rings. The van der Waals surface area contributed by atoms with Crippen LogP contribution in [0, 0.1) is 6.92 Å². The summed E-state index contributed by atoms with van der Waals surface area (Å²) in [6.07, 6.45) is 1.20. The van der Waals surface area contributed by atoms with Gasteiger partial charge in [0.25, 0.3) is 0 Å². The third-order valence-corrected chi connectivity index (χ3v) is 4.46. The Bertz CT molecular complexity index is 717. The third-order valence-electron chi connectivity index (χ3n) is 4.23. The molecule has 3 rings (SSSR count). The van der Waals surface area contributed by atoms with E-state index < -0.39 is 0 Å². The second kappa shape index (κ2) is 6.01. The van der Waals surface area contributed by atoms with Crippen molar-refractivity contribution in [2.24, 2.45) is 0 Å². The van der Waals surface area contributed by atoms with Crippen molar-refractivity contribution in [1.82, 2.24) is 14.8 Å². The molecule has 0 bridgehead atoms. The number of nitrogens with zero attached hydrogens (tertiary/aromatic N) is 2. The molecule has 1 aromatic heterocycles. The van der Waals surface area contributed by atoms with Crippen molar-refractivity contribution in [3.8, 4) is 0 Å². The summed E-state index contributed by atoms with van der Waals surface area (Å²) in [5.41, 5.74) is 2.99. The first-order chi connectivity index (χ1) is 10.6. The van der Waals surface area contributed by atoms with E-state index in [1.54, 1.807) is 4.90 Å². The van der Waals surface area contributed by atoms with E-state index >= 15 is 0 Å². The van der Waals surface area contributed by atoms with Gasteiger partial charge in [0, 0.05) is 47.8 Å². The van der Waals surface area contributed by atoms with Gasteiger partial charge in [-0.25, -0.2) is 0 Å². The highest BCUT2D eigenvalue weighted by atomic mass is 35.5. The Labute approximate surface area is 133 Å². The number of fused-ring (bicyclic) bond motifs is 1. The van der Waals surface area contributed by atoms with E-state index in [1.807, 2.05) is 30.0 Å². The van der Waals surface area contributed by atoms with Crippen LogP contribution in [-0.4, -0.2) is 53.3 Å². The van der Waals surface area contributed by atoms with Crippen molar-refractivity contribution < 1.29 is 9.59 Å². The number of aromatic nitrogens is 1. The summed E-state index contributed by atoms with van der Waals surface area (Å²) >= 11 is 6.07. The van der Waals surface area contributed by atoms with Crippen molar-refractivity contribution in [3.05, 3.63) is 34.5 Å². The molecule has 116 valence electrons. The highest BCUT2D eigenvalue weighted by molar-refractivity contribution is 6.31. The molecule has 1 N–H and O–H groups in total. The molecule has 5 nitrogen and oxygen atoms in total. The number of aromatic amines is 1. The molecular weight excluding hydrogens is 302 g/mol. The Kier molecular flexibility index (Phi) is 4.07. The number of benzene rings is 1. The second-order valence-electron chi connectivity index (χ2n) is 5.62. The molecule has 1 fully saturated rings. The number of amides is 2. The summed E-state index contributed by atoms with van der Waals surface area (Å²) in [4.78, 5) is 30.0. The fourth-order valence-electron chi connectivity index (χ4n) is 2.92. The van der Waals surface area contributed by atoms with Crippen LogP contribution in [-0.2, 0) is 16.0 Å². The molecule has 1 aliphatic heterocycles. The van der Waals surface area contributed by atoms with Crippen LogP contribution in [0.25, 0.3) is 10.9 Å². The van der Waals surface area contributed by atoms with Crippen molar-refractivity contribution in [3.63, 3.8) is 0 Å². The Morgan fingerprint density at radius 1 is 1.32 bits per heavy atom. The normalized spacial score (nSPS) is 15.4. The number of hydrogen-bond acceptors (Lipinski definition) is 2. The van der Waals surface area contributed by atoms with Gasteiger partial charge in [-0.1, -0.05) is 11.6 Å². The predicted molar refractivity (Wildman–Crippen MR) is 86.0 cm³/mol. The molecule has 22 heavy (non-hydrogen) atoms. The number of rotatable bonds is 3. The van der Waals surface area contributed by atoms with E-state index in [1.165, 1.54) is 0 Å². The smallest absolute Gasteiger partial charge is 0.227 e. The zero-order valence-electron chi connectivity index (χ0n) is 12.4. The van der Waals surface area contributed by atoms with Gasteiger partial charge in [0.15, 0.2) is 0 Å². The molecule has 0 saturated carbocycles. The van der Waals surface area contributed by atoms with Crippen LogP contribution in [0.5, 0.6) is 0 Å². The second-order valence-corrected chi connectivity index (χ2v) is 6.05. The standard InChI is InChI=1S/C16H18ClN3O2/c1-11-13(14-8-12(17)2-3-15(14)18-11)9-16(22)20-6-4-19(10-21)5-7-20/h2-3,8,10,18H,4-7,9H2,1H3. The highest BCUT2D eigenvalue weighted by Gasteiger charge is 2.22. The van der Waals surface area contributed by atoms with Crippen molar-refractivity contribution >= 4 is 34.8 Å². The molecule has 2 heterocycles. The number of hydrogen-bond donors (Lipinski definition) is 1. The fourth-order valence-corrected chi connectivity index (χ4v) is 3.09. The van der Waals surface area contributed by atoms with Gasteiger partial charge in [-0.2, -0.15) is 0 Å². The molecule has 1 aromatic carbocycles. The Balaban J connectivity index is 1.78. The van der Waals surface area contributed by atoms with E-state index in [0.29, 0.717) is 37.6 Å². The summed E-state index contributed by atoms with van der Waals surface area (Å²) in [6.45, 7) is 4.38. The lowest BCUT2D eigenvalue weighted by atomic mass is 10.1. The topological polar surface area (TPSA) is 56.4 Å². The summed E-state index contributed by atoms with van der Waals surface area (Å²) < 4.78 is 0. The van der Waals surface area contributed by atoms with E-state index in [2.05, 4.69) is 4.98 Å². The van der Waals surface area contributed by atoms with Gasteiger partial charge >= 0.3 is 0 Å². The average Bonchev–Trinajstić information content (AvgIpc) is 2.83. The number of halogens is 1. The molecule has 0 spiro atoms. The molecule has 1 aliphatic rings. The van der Waals surface area contributed by atoms with E-state index in [0.717, 1.165) is 28.6 Å². The number of carbonyl (C=O) groups is 2. The SMILES string of the molecule is Cc1[nH]c2ccc(Cl)cc2c1CC(=O)N1CCN(C=O)CC1.